The van der Waals surface area contributed by atoms with Gasteiger partial charge in [0.25, 0.3) is 17.3 Å². The summed E-state index contributed by atoms with van der Waals surface area (Å²) in [6, 6.07) is 1.44. The lowest BCUT2D eigenvalue weighted by molar-refractivity contribution is -0.394. The number of esters is 1. The highest BCUT2D eigenvalue weighted by molar-refractivity contribution is 6.02. The van der Waals surface area contributed by atoms with Gasteiger partial charge in [-0.3, -0.25) is 34.6 Å². The number of piperazine rings is 1. The third kappa shape index (κ3) is 5.49. The zero-order chi connectivity index (χ0) is 22.3. The van der Waals surface area contributed by atoms with Crippen molar-refractivity contribution < 1.29 is 29.0 Å². The van der Waals surface area contributed by atoms with Crippen LogP contribution in [0.5, 0.6) is 0 Å². The molecule has 1 aliphatic heterocycles. The molecule has 162 valence electrons. The molecule has 1 aromatic carbocycles. The van der Waals surface area contributed by atoms with E-state index >= 15 is 0 Å². The number of hydrogen-bond donors (Lipinski definition) is 1. The summed E-state index contributed by atoms with van der Waals surface area (Å²) in [6.07, 6.45) is 2.10. The topological polar surface area (TPSA) is 162 Å². The van der Waals surface area contributed by atoms with Gasteiger partial charge in [0.05, 0.1) is 28.9 Å². The second-order valence-corrected chi connectivity index (χ2v) is 6.65. The van der Waals surface area contributed by atoms with E-state index < -0.39 is 57.0 Å². The molecule has 1 unspecified atom stereocenters. The summed E-state index contributed by atoms with van der Waals surface area (Å²) in [5, 5.41) is 24.8. The molecule has 1 aromatic rings. The Kier molecular flexibility index (Phi) is 7.78. The van der Waals surface area contributed by atoms with Gasteiger partial charge in [-0.05, 0) is 12.5 Å². The highest BCUT2D eigenvalue weighted by atomic mass is 16.6. The number of nitrogens with zero attached hydrogens (tertiary/aromatic N) is 3. The van der Waals surface area contributed by atoms with Crippen LogP contribution in [0, 0.1) is 20.2 Å². The smallest absolute Gasteiger partial charge is 0.308 e. The van der Waals surface area contributed by atoms with E-state index in [1.165, 1.54) is 0 Å². The van der Waals surface area contributed by atoms with E-state index in [2.05, 4.69) is 5.32 Å². The number of ether oxygens (including phenoxy) is 1. The molecule has 0 aromatic heterocycles. The number of nitro benzene ring substituents is 2. The van der Waals surface area contributed by atoms with E-state index in [-0.39, 0.29) is 19.7 Å². The minimum absolute atomic E-state index is 0.0203. The molecular weight excluding hydrogens is 400 g/mol. The van der Waals surface area contributed by atoms with Gasteiger partial charge in [0, 0.05) is 19.2 Å². The average molecular weight is 422 g/mol. The second-order valence-electron chi connectivity index (χ2n) is 6.65. The van der Waals surface area contributed by atoms with Gasteiger partial charge in [-0.2, -0.15) is 0 Å². The first-order valence-corrected chi connectivity index (χ1v) is 9.43. The van der Waals surface area contributed by atoms with Crippen LogP contribution in [-0.4, -0.2) is 58.3 Å². The van der Waals surface area contributed by atoms with Crippen molar-refractivity contribution in [3.8, 4) is 0 Å². The number of rotatable bonds is 9. The number of nitro groups is 2. The summed E-state index contributed by atoms with van der Waals surface area (Å²) in [6.45, 7) is 2.32. The lowest BCUT2D eigenvalue weighted by atomic mass is 10.0. The molecule has 12 heteroatoms. The first kappa shape index (κ1) is 22.7. The van der Waals surface area contributed by atoms with Crippen LogP contribution in [0.15, 0.2) is 18.2 Å². The minimum Gasteiger partial charge on any atom is -0.466 e. The molecule has 0 spiro atoms. The van der Waals surface area contributed by atoms with Gasteiger partial charge >= 0.3 is 5.97 Å². The fourth-order valence-electron chi connectivity index (χ4n) is 3.04. The van der Waals surface area contributed by atoms with E-state index in [0.717, 1.165) is 29.9 Å². The number of amides is 2. The lowest BCUT2D eigenvalue weighted by Crippen LogP contribution is -2.57. The zero-order valence-corrected chi connectivity index (χ0v) is 16.4. The van der Waals surface area contributed by atoms with Crippen molar-refractivity contribution in [2.24, 2.45) is 0 Å². The Labute approximate surface area is 171 Å². The third-order valence-corrected chi connectivity index (χ3v) is 4.58. The second kappa shape index (κ2) is 10.3. The number of unbranched alkanes of at least 4 members (excludes halogenated alkanes) is 2. The molecule has 1 heterocycles. The molecule has 1 fully saturated rings. The Hall–Kier alpha value is -3.57. The maximum Gasteiger partial charge on any atom is 0.308 e. The summed E-state index contributed by atoms with van der Waals surface area (Å²) >= 11 is 0. The van der Waals surface area contributed by atoms with Gasteiger partial charge in [-0.1, -0.05) is 19.8 Å². The maximum atomic E-state index is 13.0. The standard InChI is InChI=1S/C18H22N4O8/c1-2-3-4-9-30-16(23)11-15-17(24)19-7-8-20(15)18(25)13-6-5-12(21(26)27)10-14(13)22(28)29/h5-6,10,15H,2-4,7-9,11H2,1H3,(H,19,24). The average Bonchev–Trinajstić information content (AvgIpc) is 2.71. The van der Waals surface area contributed by atoms with E-state index in [4.69, 9.17) is 4.74 Å². The highest BCUT2D eigenvalue weighted by Crippen LogP contribution is 2.27. The van der Waals surface area contributed by atoms with Crippen LogP contribution >= 0.6 is 0 Å². The fourth-order valence-corrected chi connectivity index (χ4v) is 3.04. The van der Waals surface area contributed by atoms with E-state index in [0.29, 0.717) is 12.5 Å². The van der Waals surface area contributed by atoms with Crippen molar-refractivity contribution >= 4 is 29.2 Å². The van der Waals surface area contributed by atoms with Crippen LogP contribution in [0.25, 0.3) is 0 Å². The van der Waals surface area contributed by atoms with Crippen molar-refractivity contribution in [2.75, 3.05) is 19.7 Å². The number of non-ortho nitro benzene ring substituents is 1. The summed E-state index contributed by atoms with van der Waals surface area (Å²) < 4.78 is 5.09. The Balaban J connectivity index is 2.23. The highest BCUT2D eigenvalue weighted by Gasteiger charge is 2.38. The SMILES string of the molecule is CCCCCOC(=O)CC1C(=O)NCCN1C(=O)c1ccc([N+](=O)[O-])cc1[N+](=O)[O-]. The number of carbonyl (C=O) groups is 3. The van der Waals surface area contributed by atoms with Gasteiger partial charge in [0.1, 0.15) is 11.6 Å². The summed E-state index contributed by atoms with van der Waals surface area (Å²) in [7, 11) is 0. The summed E-state index contributed by atoms with van der Waals surface area (Å²) in [5.41, 5.74) is -1.69. The van der Waals surface area contributed by atoms with E-state index in [9.17, 15) is 34.6 Å². The van der Waals surface area contributed by atoms with Crippen LogP contribution in [0.1, 0.15) is 43.0 Å². The summed E-state index contributed by atoms with van der Waals surface area (Å²) in [4.78, 5) is 58.9. The lowest BCUT2D eigenvalue weighted by Gasteiger charge is -2.34. The van der Waals surface area contributed by atoms with Gasteiger partial charge in [0.2, 0.25) is 5.91 Å². The third-order valence-electron chi connectivity index (χ3n) is 4.58. The Bertz CT molecular complexity index is 857. The predicted octanol–water partition coefficient (Wildman–Crippen LogP) is 1.57. The molecule has 2 rings (SSSR count). The molecule has 30 heavy (non-hydrogen) atoms. The summed E-state index contributed by atoms with van der Waals surface area (Å²) in [5.74, 6) is -2.11. The van der Waals surface area contributed by atoms with Crippen molar-refractivity contribution in [1.82, 2.24) is 10.2 Å². The molecule has 0 bridgehead atoms. The normalized spacial score (nSPS) is 16.0. The molecule has 0 aliphatic carbocycles. The van der Waals surface area contributed by atoms with Gasteiger partial charge < -0.3 is 15.0 Å². The Morgan fingerprint density at radius 3 is 2.60 bits per heavy atom. The number of hydrogen-bond acceptors (Lipinski definition) is 8. The minimum atomic E-state index is -1.19. The van der Waals surface area contributed by atoms with Gasteiger partial charge in [0.15, 0.2) is 0 Å². The molecule has 12 nitrogen and oxygen atoms in total. The van der Waals surface area contributed by atoms with Gasteiger partial charge in [-0.15, -0.1) is 0 Å². The Morgan fingerprint density at radius 1 is 1.23 bits per heavy atom. The quantitative estimate of drug-likeness (QED) is 0.271. The van der Waals surface area contributed by atoms with Crippen LogP contribution in [-0.2, 0) is 14.3 Å². The monoisotopic (exact) mass is 422 g/mol. The van der Waals surface area contributed by atoms with Gasteiger partial charge in [-0.25, -0.2) is 0 Å². The molecule has 2 amide bonds. The maximum absolute atomic E-state index is 13.0. The molecule has 0 radical (unpaired) electrons. The predicted molar refractivity (Wildman–Crippen MR) is 103 cm³/mol. The first-order chi connectivity index (χ1) is 14.3. The molecule has 1 aliphatic rings. The van der Waals surface area contributed by atoms with Crippen molar-refractivity contribution in [3.63, 3.8) is 0 Å². The first-order valence-electron chi connectivity index (χ1n) is 9.43. The van der Waals surface area contributed by atoms with Crippen molar-refractivity contribution in [2.45, 2.75) is 38.6 Å². The van der Waals surface area contributed by atoms with E-state index in [1.807, 2.05) is 6.92 Å². The number of benzene rings is 1. The molecular formula is C18H22N4O8. The molecule has 0 saturated carbocycles. The van der Waals surface area contributed by atoms with Crippen LogP contribution < -0.4 is 5.32 Å². The fraction of sp³-hybridized carbons (Fsp3) is 0.500. The molecule has 1 N–H and O–H groups in total. The molecule has 1 saturated heterocycles. The largest absolute Gasteiger partial charge is 0.466 e. The van der Waals surface area contributed by atoms with Crippen LogP contribution in [0.4, 0.5) is 11.4 Å². The molecule has 1 atom stereocenters. The van der Waals surface area contributed by atoms with Crippen LogP contribution in [0.2, 0.25) is 0 Å². The van der Waals surface area contributed by atoms with Crippen molar-refractivity contribution in [1.29, 1.82) is 0 Å². The van der Waals surface area contributed by atoms with Crippen molar-refractivity contribution in [3.05, 3.63) is 44.0 Å². The zero-order valence-electron chi connectivity index (χ0n) is 16.4. The number of carbonyl (C=O) groups excluding carboxylic acids is 3. The number of nitrogens with one attached hydrogen (secondary N) is 1. The van der Waals surface area contributed by atoms with Crippen LogP contribution in [0.3, 0.4) is 0 Å². The van der Waals surface area contributed by atoms with E-state index in [1.54, 1.807) is 0 Å². The Morgan fingerprint density at radius 2 is 1.97 bits per heavy atom.